The summed E-state index contributed by atoms with van der Waals surface area (Å²) in [5, 5.41) is 3.68. The molecule has 0 aromatic heterocycles. The topological polar surface area (TPSA) is 21.3 Å². The van der Waals surface area contributed by atoms with Crippen LogP contribution in [0.5, 0.6) is 5.75 Å². The Morgan fingerprint density at radius 2 is 2.10 bits per heavy atom. The van der Waals surface area contributed by atoms with Gasteiger partial charge in [0.15, 0.2) is 0 Å². The highest BCUT2D eigenvalue weighted by atomic mass is 35.5. The maximum Gasteiger partial charge on any atom is 0.146 e. The fourth-order valence-corrected chi connectivity index (χ4v) is 2.67. The summed E-state index contributed by atoms with van der Waals surface area (Å²) in [7, 11) is 0. The lowest BCUT2D eigenvalue weighted by atomic mass is 9.93. The molecule has 0 spiro atoms. The highest BCUT2D eigenvalue weighted by Crippen LogP contribution is 2.33. The predicted octanol–water partition coefficient (Wildman–Crippen LogP) is 4.46. The fourth-order valence-electron chi connectivity index (χ4n) is 2.49. The molecule has 4 heteroatoms. The van der Waals surface area contributed by atoms with Gasteiger partial charge in [-0.3, -0.25) is 0 Å². The van der Waals surface area contributed by atoms with Crippen LogP contribution in [0, 0.1) is 5.82 Å². The molecule has 2 nitrogen and oxygen atoms in total. The van der Waals surface area contributed by atoms with Crippen LogP contribution in [0.1, 0.15) is 17.9 Å². The second-order valence-electron chi connectivity index (χ2n) is 4.88. The Bertz CT molecular complexity index is 617. The van der Waals surface area contributed by atoms with Crippen molar-refractivity contribution < 1.29 is 9.13 Å². The van der Waals surface area contributed by atoms with Gasteiger partial charge in [0.05, 0.1) is 12.3 Å². The summed E-state index contributed by atoms with van der Waals surface area (Å²) in [5.41, 5.74) is 1.62. The van der Waals surface area contributed by atoms with Crippen LogP contribution in [0.4, 0.5) is 10.1 Å². The molecule has 3 rings (SSSR count). The predicted molar refractivity (Wildman–Crippen MR) is 79.2 cm³/mol. The van der Waals surface area contributed by atoms with Gasteiger partial charge in [-0.05, 0) is 36.2 Å². The van der Waals surface area contributed by atoms with E-state index in [9.17, 15) is 4.39 Å². The molecule has 104 valence electrons. The van der Waals surface area contributed by atoms with Gasteiger partial charge >= 0.3 is 0 Å². The number of anilines is 1. The Kier molecular flexibility index (Phi) is 3.79. The van der Waals surface area contributed by atoms with E-state index in [1.165, 1.54) is 11.6 Å². The van der Waals surface area contributed by atoms with E-state index in [-0.39, 0.29) is 5.82 Å². The van der Waals surface area contributed by atoms with Crippen LogP contribution in [0.3, 0.4) is 0 Å². The van der Waals surface area contributed by atoms with Gasteiger partial charge in [-0.25, -0.2) is 4.39 Å². The molecule has 0 saturated heterocycles. The van der Waals surface area contributed by atoms with Gasteiger partial charge in [-0.2, -0.15) is 0 Å². The first-order valence-electron chi connectivity index (χ1n) is 6.64. The molecule has 0 radical (unpaired) electrons. The summed E-state index contributed by atoms with van der Waals surface area (Å²) in [6.07, 6.45) is 0.923. The number of fused-ring (bicyclic) bond motifs is 1. The number of hydrogen-bond donors (Lipinski definition) is 1. The molecule has 0 aliphatic carbocycles. The zero-order valence-corrected chi connectivity index (χ0v) is 11.7. The maximum absolute atomic E-state index is 13.7. The van der Waals surface area contributed by atoms with Crippen molar-refractivity contribution in [1.29, 1.82) is 0 Å². The molecule has 0 bridgehead atoms. The molecule has 2 aromatic rings. The largest absolute Gasteiger partial charge is 0.493 e. The fraction of sp³-hybridized carbons (Fsp3) is 0.250. The SMILES string of the molecule is Fc1ccc(Cl)cc1NCC1CCOc2ccccc21. The molecule has 1 atom stereocenters. The summed E-state index contributed by atoms with van der Waals surface area (Å²) >= 11 is 5.89. The molecule has 0 fully saturated rings. The first-order valence-corrected chi connectivity index (χ1v) is 7.02. The normalized spacial score (nSPS) is 17.2. The smallest absolute Gasteiger partial charge is 0.146 e. The molecule has 0 saturated carbocycles. The highest BCUT2D eigenvalue weighted by Gasteiger charge is 2.21. The first-order chi connectivity index (χ1) is 9.74. The Balaban J connectivity index is 1.75. The molecule has 1 aliphatic heterocycles. The van der Waals surface area contributed by atoms with Crippen LogP contribution in [0.15, 0.2) is 42.5 Å². The van der Waals surface area contributed by atoms with Crippen molar-refractivity contribution in [3.63, 3.8) is 0 Å². The van der Waals surface area contributed by atoms with Gasteiger partial charge in [0, 0.05) is 17.5 Å². The quantitative estimate of drug-likeness (QED) is 0.901. The van der Waals surface area contributed by atoms with Crippen molar-refractivity contribution >= 4 is 17.3 Å². The molecule has 1 unspecified atom stereocenters. The summed E-state index contributed by atoms with van der Waals surface area (Å²) in [5.74, 6) is 0.963. The Morgan fingerprint density at radius 3 is 3.00 bits per heavy atom. The van der Waals surface area contributed by atoms with Gasteiger partial charge < -0.3 is 10.1 Å². The van der Waals surface area contributed by atoms with Crippen molar-refractivity contribution in [1.82, 2.24) is 0 Å². The van der Waals surface area contributed by atoms with Gasteiger partial charge in [0.1, 0.15) is 11.6 Å². The van der Waals surface area contributed by atoms with Crippen LogP contribution < -0.4 is 10.1 Å². The van der Waals surface area contributed by atoms with E-state index in [0.29, 0.717) is 29.8 Å². The lowest BCUT2D eigenvalue weighted by molar-refractivity contribution is 0.270. The van der Waals surface area contributed by atoms with E-state index in [1.54, 1.807) is 12.1 Å². The van der Waals surface area contributed by atoms with E-state index < -0.39 is 0 Å². The zero-order valence-electron chi connectivity index (χ0n) is 10.9. The minimum absolute atomic E-state index is 0.283. The molecule has 1 heterocycles. The third kappa shape index (κ3) is 2.73. The lowest BCUT2D eigenvalue weighted by Gasteiger charge is -2.26. The van der Waals surface area contributed by atoms with Crippen LogP contribution in [0.25, 0.3) is 0 Å². The van der Waals surface area contributed by atoms with E-state index in [4.69, 9.17) is 16.3 Å². The van der Waals surface area contributed by atoms with Crippen LogP contribution >= 0.6 is 11.6 Å². The number of hydrogen-bond acceptors (Lipinski definition) is 2. The van der Waals surface area contributed by atoms with Crippen molar-refractivity contribution in [2.75, 3.05) is 18.5 Å². The number of rotatable bonds is 3. The summed E-state index contributed by atoms with van der Waals surface area (Å²) in [4.78, 5) is 0. The standard InChI is InChI=1S/C16H15ClFNO/c17-12-5-6-14(18)15(9-12)19-10-11-7-8-20-16-4-2-1-3-13(11)16/h1-6,9,11,19H,7-8,10H2. The molecule has 1 aliphatic rings. The van der Waals surface area contributed by atoms with Crippen LogP contribution in [-0.4, -0.2) is 13.2 Å². The minimum Gasteiger partial charge on any atom is -0.493 e. The second-order valence-corrected chi connectivity index (χ2v) is 5.31. The van der Waals surface area contributed by atoms with Gasteiger partial charge in [-0.15, -0.1) is 0 Å². The third-order valence-electron chi connectivity index (χ3n) is 3.55. The van der Waals surface area contributed by atoms with Crippen molar-refractivity contribution in [2.24, 2.45) is 0 Å². The number of para-hydroxylation sites is 1. The van der Waals surface area contributed by atoms with E-state index in [0.717, 1.165) is 12.2 Å². The molecular weight excluding hydrogens is 277 g/mol. The Hall–Kier alpha value is -1.74. The molecule has 20 heavy (non-hydrogen) atoms. The Labute approximate surface area is 122 Å². The minimum atomic E-state index is -0.283. The second kappa shape index (κ2) is 5.71. The molecule has 1 N–H and O–H groups in total. The molecular formula is C16H15ClFNO. The zero-order chi connectivity index (χ0) is 13.9. The third-order valence-corrected chi connectivity index (χ3v) is 3.79. The molecule has 0 amide bonds. The maximum atomic E-state index is 13.7. The van der Waals surface area contributed by atoms with Gasteiger partial charge in [-0.1, -0.05) is 29.8 Å². The van der Waals surface area contributed by atoms with Crippen molar-refractivity contribution in [3.8, 4) is 5.75 Å². The van der Waals surface area contributed by atoms with E-state index >= 15 is 0 Å². The summed E-state index contributed by atoms with van der Waals surface area (Å²) in [6, 6.07) is 12.5. The van der Waals surface area contributed by atoms with Crippen molar-refractivity contribution in [2.45, 2.75) is 12.3 Å². The summed E-state index contributed by atoms with van der Waals surface area (Å²) < 4.78 is 19.3. The van der Waals surface area contributed by atoms with Gasteiger partial charge in [0.25, 0.3) is 0 Å². The lowest BCUT2D eigenvalue weighted by Crippen LogP contribution is -2.21. The Morgan fingerprint density at radius 1 is 1.25 bits per heavy atom. The van der Waals surface area contributed by atoms with Gasteiger partial charge in [0.2, 0.25) is 0 Å². The van der Waals surface area contributed by atoms with Crippen LogP contribution in [0.2, 0.25) is 5.02 Å². The highest BCUT2D eigenvalue weighted by molar-refractivity contribution is 6.30. The number of benzene rings is 2. The monoisotopic (exact) mass is 291 g/mol. The average Bonchev–Trinajstić information content (AvgIpc) is 2.48. The van der Waals surface area contributed by atoms with E-state index in [1.807, 2.05) is 18.2 Å². The molecule has 2 aromatic carbocycles. The number of halogens is 2. The number of ether oxygens (including phenoxy) is 1. The van der Waals surface area contributed by atoms with E-state index in [2.05, 4.69) is 11.4 Å². The average molecular weight is 292 g/mol. The van der Waals surface area contributed by atoms with Crippen molar-refractivity contribution in [3.05, 3.63) is 58.9 Å². The number of nitrogens with one attached hydrogen (secondary N) is 1. The first kappa shape index (κ1) is 13.3. The summed E-state index contributed by atoms with van der Waals surface area (Å²) in [6.45, 7) is 1.36. The van der Waals surface area contributed by atoms with Crippen LogP contribution in [-0.2, 0) is 0 Å².